The van der Waals surface area contributed by atoms with Gasteiger partial charge < -0.3 is 9.84 Å². The molecule has 3 nitrogen and oxygen atoms in total. The first-order chi connectivity index (χ1) is 11.2. The molecule has 2 rings (SSSR count). The molecule has 0 aliphatic rings. The first kappa shape index (κ1) is 17.1. The molecular weight excluding hydrogens is 288 g/mol. The van der Waals surface area contributed by atoms with E-state index in [9.17, 15) is 9.90 Å². The highest BCUT2D eigenvalue weighted by molar-refractivity contribution is 5.88. The Morgan fingerprint density at radius 2 is 1.57 bits per heavy atom. The van der Waals surface area contributed by atoms with E-state index in [1.807, 2.05) is 30.3 Å². The van der Waals surface area contributed by atoms with Gasteiger partial charge in [-0.3, -0.25) is 0 Å². The molecule has 0 fully saturated rings. The van der Waals surface area contributed by atoms with Crippen molar-refractivity contribution < 1.29 is 14.6 Å². The van der Waals surface area contributed by atoms with Crippen LogP contribution in [0.5, 0.6) is 5.75 Å². The molecular formula is C20H24O3. The van der Waals surface area contributed by atoms with E-state index < -0.39 is 5.97 Å². The zero-order valence-electron chi connectivity index (χ0n) is 13.8. The van der Waals surface area contributed by atoms with Gasteiger partial charge in [0.25, 0.3) is 0 Å². The Labute approximate surface area is 137 Å². The lowest BCUT2D eigenvalue weighted by Crippen LogP contribution is -2.06. The average molecular weight is 312 g/mol. The summed E-state index contributed by atoms with van der Waals surface area (Å²) in [5, 5.41) is 9.33. The van der Waals surface area contributed by atoms with Crippen molar-refractivity contribution in [2.45, 2.75) is 46.1 Å². The number of aryl methyl sites for hydroxylation is 2. The van der Waals surface area contributed by atoms with Crippen LogP contribution in [0.15, 0.2) is 42.5 Å². The predicted molar refractivity (Wildman–Crippen MR) is 92.2 cm³/mol. The third kappa shape index (κ3) is 4.59. The number of hydrogen-bond donors (Lipinski definition) is 1. The van der Waals surface area contributed by atoms with E-state index in [-0.39, 0.29) is 0 Å². The fourth-order valence-electron chi connectivity index (χ4n) is 2.70. The van der Waals surface area contributed by atoms with Crippen LogP contribution < -0.4 is 4.74 Å². The van der Waals surface area contributed by atoms with Gasteiger partial charge in [0.1, 0.15) is 12.4 Å². The number of carboxylic acid groups (broad SMARTS) is 1. The Bertz CT molecular complexity index is 620. The second kappa shape index (κ2) is 8.37. The van der Waals surface area contributed by atoms with E-state index in [0.29, 0.717) is 12.2 Å². The Kier molecular flexibility index (Phi) is 6.21. The summed E-state index contributed by atoms with van der Waals surface area (Å²) in [6.07, 6.45) is 3.55. The zero-order chi connectivity index (χ0) is 16.7. The summed E-state index contributed by atoms with van der Waals surface area (Å²) < 4.78 is 6.10. The fraction of sp³-hybridized carbons (Fsp3) is 0.350. The standard InChI is InChI=1S/C20H24O3/c1-3-8-16-12-18(20(21)22)13-17(9-4-2)19(16)23-14-15-10-6-5-7-11-15/h5-7,10-13H,3-4,8-9,14H2,1-2H3,(H,21,22). The van der Waals surface area contributed by atoms with Gasteiger partial charge in [-0.25, -0.2) is 4.79 Å². The number of hydrogen-bond acceptors (Lipinski definition) is 2. The van der Waals surface area contributed by atoms with Crippen molar-refractivity contribution in [1.29, 1.82) is 0 Å². The largest absolute Gasteiger partial charge is 0.488 e. The highest BCUT2D eigenvalue weighted by Gasteiger charge is 2.15. The third-order valence-electron chi connectivity index (χ3n) is 3.75. The van der Waals surface area contributed by atoms with Gasteiger partial charge in [0, 0.05) is 0 Å². The summed E-state index contributed by atoms with van der Waals surface area (Å²) in [6.45, 7) is 4.68. The molecule has 122 valence electrons. The van der Waals surface area contributed by atoms with Crippen LogP contribution in [0.4, 0.5) is 0 Å². The van der Waals surface area contributed by atoms with E-state index >= 15 is 0 Å². The molecule has 0 saturated heterocycles. The van der Waals surface area contributed by atoms with Crippen LogP contribution in [0.3, 0.4) is 0 Å². The van der Waals surface area contributed by atoms with Gasteiger partial charge in [-0.1, -0.05) is 57.0 Å². The topological polar surface area (TPSA) is 46.5 Å². The van der Waals surface area contributed by atoms with Gasteiger partial charge in [0.05, 0.1) is 5.56 Å². The van der Waals surface area contributed by atoms with Gasteiger partial charge in [-0.15, -0.1) is 0 Å². The minimum absolute atomic E-state index is 0.351. The normalized spacial score (nSPS) is 10.5. The maximum atomic E-state index is 11.4. The second-order valence-electron chi connectivity index (χ2n) is 5.70. The van der Waals surface area contributed by atoms with Crippen LogP contribution >= 0.6 is 0 Å². The highest BCUT2D eigenvalue weighted by Crippen LogP contribution is 2.29. The maximum Gasteiger partial charge on any atom is 0.335 e. The summed E-state index contributed by atoms with van der Waals surface area (Å²) in [6, 6.07) is 13.5. The maximum absolute atomic E-state index is 11.4. The van der Waals surface area contributed by atoms with E-state index in [1.54, 1.807) is 12.1 Å². The molecule has 0 saturated carbocycles. The molecule has 0 spiro atoms. The van der Waals surface area contributed by atoms with E-state index in [0.717, 1.165) is 48.1 Å². The minimum Gasteiger partial charge on any atom is -0.488 e. The highest BCUT2D eigenvalue weighted by atomic mass is 16.5. The summed E-state index contributed by atoms with van der Waals surface area (Å²) in [4.78, 5) is 11.4. The summed E-state index contributed by atoms with van der Waals surface area (Å²) in [7, 11) is 0. The van der Waals surface area contributed by atoms with Crippen LogP contribution in [0.1, 0.15) is 53.7 Å². The van der Waals surface area contributed by atoms with Crippen LogP contribution in [0.25, 0.3) is 0 Å². The van der Waals surface area contributed by atoms with E-state index in [1.165, 1.54) is 0 Å². The second-order valence-corrected chi connectivity index (χ2v) is 5.70. The molecule has 2 aromatic carbocycles. The molecule has 0 unspecified atom stereocenters. The van der Waals surface area contributed by atoms with Crippen molar-refractivity contribution in [2.24, 2.45) is 0 Å². The summed E-state index contributed by atoms with van der Waals surface area (Å²) >= 11 is 0. The van der Waals surface area contributed by atoms with Crippen LogP contribution in [0, 0.1) is 0 Å². The molecule has 0 aliphatic carbocycles. The van der Waals surface area contributed by atoms with E-state index in [4.69, 9.17) is 4.74 Å². The number of benzene rings is 2. The Hall–Kier alpha value is -2.29. The van der Waals surface area contributed by atoms with Crippen LogP contribution in [0.2, 0.25) is 0 Å². The van der Waals surface area contributed by atoms with Gasteiger partial charge in [-0.2, -0.15) is 0 Å². The Morgan fingerprint density at radius 3 is 2.04 bits per heavy atom. The lowest BCUT2D eigenvalue weighted by Gasteiger charge is -2.17. The van der Waals surface area contributed by atoms with Crippen molar-refractivity contribution >= 4 is 5.97 Å². The molecule has 0 aliphatic heterocycles. The number of carbonyl (C=O) groups is 1. The quantitative estimate of drug-likeness (QED) is 0.756. The van der Waals surface area contributed by atoms with Crippen molar-refractivity contribution in [2.75, 3.05) is 0 Å². The van der Waals surface area contributed by atoms with Gasteiger partial charge in [-0.05, 0) is 41.7 Å². The molecule has 1 N–H and O–H groups in total. The molecule has 23 heavy (non-hydrogen) atoms. The van der Waals surface area contributed by atoms with Crippen LogP contribution in [-0.4, -0.2) is 11.1 Å². The van der Waals surface area contributed by atoms with Gasteiger partial charge in [0.2, 0.25) is 0 Å². The van der Waals surface area contributed by atoms with Crippen molar-refractivity contribution in [3.05, 3.63) is 64.7 Å². The first-order valence-corrected chi connectivity index (χ1v) is 8.21. The van der Waals surface area contributed by atoms with Crippen molar-refractivity contribution in [1.82, 2.24) is 0 Å². The number of rotatable bonds is 8. The minimum atomic E-state index is -0.880. The Morgan fingerprint density at radius 1 is 1.00 bits per heavy atom. The van der Waals surface area contributed by atoms with Crippen molar-refractivity contribution in [3.63, 3.8) is 0 Å². The molecule has 0 aromatic heterocycles. The molecule has 3 heteroatoms. The molecule has 0 bridgehead atoms. The lowest BCUT2D eigenvalue weighted by molar-refractivity contribution is 0.0696. The van der Waals surface area contributed by atoms with E-state index in [2.05, 4.69) is 13.8 Å². The van der Waals surface area contributed by atoms with Crippen LogP contribution in [-0.2, 0) is 19.4 Å². The number of aromatic carboxylic acids is 1. The molecule has 0 heterocycles. The zero-order valence-corrected chi connectivity index (χ0v) is 13.8. The predicted octanol–water partition coefficient (Wildman–Crippen LogP) is 4.87. The summed E-state index contributed by atoms with van der Waals surface area (Å²) in [5.74, 6) is -0.0168. The fourth-order valence-corrected chi connectivity index (χ4v) is 2.70. The molecule has 0 amide bonds. The van der Waals surface area contributed by atoms with Crippen molar-refractivity contribution in [3.8, 4) is 5.75 Å². The average Bonchev–Trinajstić information content (AvgIpc) is 2.55. The first-order valence-electron chi connectivity index (χ1n) is 8.21. The molecule has 0 radical (unpaired) electrons. The SMILES string of the molecule is CCCc1cc(C(=O)O)cc(CCC)c1OCc1ccccc1. The Balaban J connectivity index is 2.35. The number of carboxylic acids is 1. The van der Waals surface area contributed by atoms with Gasteiger partial charge >= 0.3 is 5.97 Å². The monoisotopic (exact) mass is 312 g/mol. The molecule has 0 atom stereocenters. The molecule has 2 aromatic rings. The third-order valence-corrected chi connectivity index (χ3v) is 3.75. The smallest absolute Gasteiger partial charge is 0.335 e. The lowest BCUT2D eigenvalue weighted by atomic mass is 9.98. The van der Waals surface area contributed by atoms with Gasteiger partial charge in [0.15, 0.2) is 0 Å². The number of ether oxygens (including phenoxy) is 1. The summed E-state index contributed by atoms with van der Waals surface area (Å²) in [5.41, 5.74) is 3.45.